The van der Waals surface area contributed by atoms with Gasteiger partial charge in [-0.1, -0.05) is 0 Å². The maximum absolute atomic E-state index is 14.5. The molecule has 1 saturated carbocycles. The molecule has 0 unspecified atom stereocenters. The quantitative estimate of drug-likeness (QED) is 0.660. The molecule has 31 heavy (non-hydrogen) atoms. The zero-order valence-corrected chi connectivity index (χ0v) is 17.5. The number of rotatable bonds is 7. The lowest BCUT2D eigenvalue weighted by Crippen LogP contribution is -2.50. The van der Waals surface area contributed by atoms with E-state index in [0.29, 0.717) is 18.8 Å². The number of halogens is 3. The summed E-state index contributed by atoms with van der Waals surface area (Å²) in [4.78, 5) is 9.99. The van der Waals surface area contributed by atoms with Gasteiger partial charge in [-0.2, -0.15) is 4.98 Å². The third kappa shape index (κ3) is 4.91. The third-order valence-corrected chi connectivity index (χ3v) is 6.71. The van der Waals surface area contributed by atoms with E-state index in [1.807, 2.05) is 16.5 Å². The molecule has 0 amide bonds. The van der Waals surface area contributed by atoms with Crippen LogP contribution >= 0.6 is 0 Å². The van der Waals surface area contributed by atoms with Crippen LogP contribution in [0.1, 0.15) is 19.8 Å². The van der Waals surface area contributed by atoms with Crippen LogP contribution in [-0.4, -0.2) is 56.2 Å². The minimum atomic E-state index is -4.04. The molecule has 1 aromatic heterocycles. The molecular formula is C19H22F3N5O3S. The van der Waals surface area contributed by atoms with Gasteiger partial charge in [0.15, 0.2) is 11.6 Å². The first-order chi connectivity index (χ1) is 14.7. The lowest BCUT2D eigenvalue weighted by Gasteiger charge is -2.39. The number of aromatic nitrogens is 2. The first-order valence-corrected chi connectivity index (χ1v) is 11.2. The van der Waals surface area contributed by atoms with Crippen molar-refractivity contribution in [3.05, 3.63) is 36.3 Å². The van der Waals surface area contributed by atoms with Crippen LogP contribution in [-0.2, 0) is 14.8 Å². The van der Waals surface area contributed by atoms with Gasteiger partial charge in [0.1, 0.15) is 0 Å². The predicted molar refractivity (Wildman–Crippen MR) is 108 cm³/mol. The van der Waals surface area contributed by atoms with Gasteiger partial charge in [-0.3, -0.25) is 0 Å². The average molecular weight is 457 g/mol. The van der Waals surface area contributed by atoms with Gasteiger partial charge in [-0.05, 0) is 44.0 Å². The molecule has 1 atom stereocenters. The Kier molecular flexibility index (Phi) is 5.79. The van der Waals surface area contributed by atoms with Crippen LogP contribution in [0, 0.1) is 5.82 Å². The van der Waals surface area contributed by atoms with Crippen molar-refractivity contribution in [3.63, 3.8) is 0 Å². The summed E-state index contributed by atoms with van der Waals surface area (Å²) in [6.07, 6.45) is 0.175. The molecule has 1 spiro atoms. The first kappa shape index (κ1) is 21.8. The fraction of sp³-hybridized carbons (Fsp3) is 0.474. The van der Waals surface area contributed by atoms with Crippen molar-refractivity contribution < 1.29 is 26.3 Å². The second-order valence-electron chi connectivity index (χ2n) is 7.73. The number of anilines is 3. The Morgan fingerprint density at radius 1 is 1.29 bits per heavy atom. The van der Waals surface area contributed by atoms with Crippen LogP contribution < -0.4 is 14.9 Å². The van der Waals surface area contributed by atoms with Crippen LogP contribution in [0.2, 0.25) is 0 Å². The summed E-state index contributed by atoms with van der Waals surface area (Å²) >= 11 is 0. The molecule has 4 rings (SSSR count). The van der Waals surface area contributed by atoms with E-state index < -0.39 is 28.8 Å². The Bertz CT molecular complexity index is 1050. The molecule has 2 aliphatic rings. The van der Waals surface area contributed by atoms with Crippen LogP contribution in [0.15, 0.2) is 35.4 Å². The van der Waals surface area contributed by atoms with Crippen LogP contribution in [0.3, 0.4) is 0 Å². The molecule has 1 aromatic carbocycles. The van der Waals surface area contributed by atoms with Crippen LogP contribution in [0.4, 0.5) is 30.6 Å². The van der Waals surface area contributed by atoms with Gasteiger partial charge < -0.3 is 15.0 Å². The monoisotopic (exact) mass is 457 g/mol. The number of nitrogens with one attached hydrogen (secondary N) is 2. The summed E-state index contributed by atoms with van der Waals surface area (Å²) in [7, 11) is -4.04. The standard InChI is InChI=1S/C19H22F3N5O3S/c1-12-10-30-19(6-7-19)11-27(12)17-15(20)8-23-18(26-17)25-13-2-4-14(5-3-13)31(28,29)24-9-16(21)22/h2-5,8,12,16,24H,6-7,9-11H2,1H3,(H,23,25,26)/t12-/m0/s1. The lowest BCUT2D eigenvalue weighted by molar-refractivity contribution is 0.00292. The number of benzene rings is 1. The van der Waals surface area contributed by atoms with Gasteiger partial charge in [0.2, 0.25) is 16.0 Å². The highest BCUT2D eigenvalue weighted by Crippen LogP contribution is 2.44. The average Bonchev–Trinajstić information content (AvgIpc) is 3.50. The minimum absolute atomic E-state index is 0.0475. The molecule has 1 aliphatic carbocycles. The molecule has 1 saturated heterocycles. The number of sulfonamides is 1. The van der Waals surface area contributed by atoms with Crippen molar-refractivity contribution in [2.75, 3.05) is 29.9 Å². The van der Waals surface area contributed by atoms with E-state index in [9.17, 15) is 21.6 Å². The number of alkyl halides is 2. The second-order valence-corrected chi connectivity index (χ2v) is 9.50. The molecule has 12 heteroatoms. The normalized spacial score (nSPS) is 20.3. The van der Waals surface area contributed by atoms with E-state index in [0.717, 1.165) is 19.0 Å². The van der Waals surface area contributed by atoms with E-state index in [4.69, 9.17) is 4.74 Å². The van der Waals surface area contributed by atoms with Crippen LogP contribution in [0.25, 0.3) is 0 Å². The van der Waals surface area contributed by atoms with Crippen molar-refractivity contribution in [2.24, 2.45) is 0 Å². The summed E-state index contributed by atoms with van der Waals surface area (Å²) in [6.45, 7) is 2.02. The summed E-state index contributed by atoms with van der Waals surface area (Å²) in [5.74, 6) is -0.219. The fourth-order valence-corrected chi connectivity index (χ4v) is 4.35. The molecule has 2 aromatic rings. The minimum Gasteiger partial charge on any atom is -0.371 e. The lowest BCUT2D eigenvalue weighted by atomic mass is 10.2. The van der Waals surface area contributed by atoms with Crippen molar-refractivity contribution >= 4 is 27.5 Å². The topological polar surface area (TPSA) is 96.5 Å². The van der Waals surface area contributed by atoms with E-state index in [2.05, 4.69) is 15.3 Å². The molecule has 2 heterocycles. The number of hydrogen-bond donors (Lipinski definition) is 2. The zero-order chi connectivity index (χ0) is 22.2. The van der Waals surface area contributed by atoms with Crippen molar-refractivity contribution in [1.29, 1.82) is 0 Å². The van der Waals surface area contributed by atoms with Crippen molar-refractivity contribution in [1.82, 2.24) is 14.7 Å². The van der Waals surface area contributed by atoms with Crippen molar-refractivity contribution in [3.8, 4) is 0 Å². The largest absolute Gasteiger partial charge is 0.371 e. The van der Waals surface area contributed by atoms with Crippen LogP contribution in [0.5, 0.6) is 0 Å². The maximum Gasteiger partial charge on any atom is 0.251 e. The Hall–Kier alpha value is -2.44. The maximum atomic E-state index is 14.5. The summed E-state index contributed by atoms with van der Waals surface area (Å²) in [5, 5.41) is 2.91. The summed E-state index contributed by atoms with van der Waals surface area (Å²) in [6, 6.07) is 5.37. The fourth-order valence-electron chi connectivity index (χ4n) is 3.35. The second kappa shape index (κ2) is 8.24. The summed E-state index contributed by atoms with van der Waals surface area (Å²) < 4.78 is 70.7. The number of nitrogens with zero attached hydrogens (tertiary/aromatic N) is 3. The molecule has 0 radical (unpaired) electrons. The molecule has 2 N–H and O–H groups in total. The third-order valence-electron chi connectivity index (χ3n) is 5.28. The van der Waals surface area contributed by atoms with E-state index in [1.165, 1.54) is 24.3 Å². The van der Waals surface area contributed by atoms with E-state index in [1.54, 1.807) is 0 Å². The Morgan fingerprint density at radius 3 is 2.65 bits per heavy atom. The van der Waals surface area contributed by atoms with Gasteiger partial charge >= 0.3 is 0 Å². The highest BCUT2D eigenvalue weighted by molar-refractivity contribution is 7.89. The van der Waals surface area contributed by atoms with E-state index >= 15 is 0 Å². The van der Waals surface area contributed by atoms with Gasteiger partial charge in [0.25, 0.3) is 6.43 Å². The zero-order valence-electron chi connectivity index (χ0n) is 16.7. The first-order valence-electron chi connectivity index (χ1n) is 9.75. The number of morpholine rings is 1. The Morgan fingerprint density at radius 2 is 2.00 bits per heavy atom. The Balaban J connectivity index is 1.49. The number of hydrogen-bond acceptors (Lipinski definition) is 7. The molecule has 0 bridgehead atoms. The smallest absolute Gasteiger partial charge is 0.251 e. The van der Waals surface area contributed by atoms with Gasteiger partial charge in [0.05, 0.1) is 35.9 Å². The van der Waals surface area contributed by atoms with Crippen molar-refractivity contribution in [2.45, 2.75) is 42.7 Å². The van der Waals surface area contributed by atoms with Gasteiger partial charge in [-0.25, -0.2) is 31.3 Å². The number of ether oxygens (including phenoxy) is 1. The van der Waals surface area contributed by atoms with Gasteiger partial charge in [-0.15, -0.1) is 0 Å². The Labute approximate surface area is 177 Å². The molecule has 2 fully saturated rings. The van der Waals surface area contributed by atoms with E-state index in [-0.39, 0.29) is 28.3 Å². The molecule has 1 aliphatic heterocycles. The predicted octanol–water partition coefficient (Wildman–Crippen LogP) is 2.66. The molecule has 168 valence electrons. The SMILES string of the molecule is C[C@H]1COC2(CC2)CN1c1nc(Nc2ccc(S(=O)(=O)NCC(F)F)cc2)ncc1F. The highest BCUT2D eigenvalue weighted by Gasteiger charge is 2.49. The molecular weight excluding hydrogens is 435 g/mol. The molecule has 8 nitrogen and oxygen atoms in total. The highest BCUT2D eigenvalue weighted by atomic mass is 32.2. The van der Waals surface area contributed by atoms with Gasteiger partial charge in [0, 0.05) is 12.2 Å². The summed E-state index contributed by atoms with van der Waals surface area (Å²) in [5.41, 5.74) is 0.246.